The van der Waals surface area contributed by atoms with Gasteiger partial charge in [0.15, 0.2) is 0 Å². The Hall–Kier alpha value is -1.36. The van der Waals surface area contributed by atoms with Crippen molar-refractivity contribution in [2.24, 2.45) is 0 Å². The Kier molecular flexibility index (Phi) is 8.45. The Bertz CT molecular complexity index is 459. The van der Waals surface area contributed by atoms with Gasteiger partial charge in [-0.25, -0.2) is 4.79 Å². The molecule has 0 amide bonds. The number of cyclic esters (lactones) is 1. The summed E-state index contributed by atoms with van der Waals surface area (Å²) < 4.78 is 16.4. The lowest BCUT2D eigenvalue weighted by Crippen LogP contribution is -2.23. The van der Waals surface area contributed by atoms with Gasteiger partial charge in [-0.05, 0) is 38.7 Å². The summed E-state index contributed by atoms with van der Waals surface area (Å²) in [6, 6.07) is 0. The summed E-state index contributed by atoms with van der Waals surface area (Å²) in [5, 5.41) is 0. The van der Waals surface area contributed by atoms with E-state index in [1.54, 1.807) is 6.08 Å². The number of hydrogen-bond acceptors (Lipinski definition) is 5. The maximum absolute atomic E-state index is 11.9. The van der Waals surface area contributed by atoms with Crippen molar-refractivity contribution in [3.8, 4) is 0 Å². The number of epoxide rings is 1. The van der Waals surface area contributed by atoms with Crippen molar-refractivity contribution < 1.29 is 23.8 Å². The lowest BCUT2D eigenvalue weighted by molar-refractivity contribution is -0.147. The molecule has 25 heavy (non-hydrogen) atoms. The number of ether oxygens (including phenoxy) is 3. The normalized spacial score (nSPS) is 33.9. The molecule has 142 valence electrons. The molecule has 0 bridgehead atoms. The van der Waals surface area contributed by atoms with Crippen LogP contribution in [0.15, 0.2) is 12.2 Å². The number of esters is 2. The summed E-state index contributed by atoms with van der Waals surface area (Å²) in [4.78, 5) is 23.2. The molecule has 1 fully saturated rings. The Morgan fingerprint density at radius 1 is 1.04 bits per heavy atom. The predicted molar refractivity (Wildman–Crippen MR) is 95.1 cm³/mol. The van der Waals surface area contributed by atoms with Crippen molar-refractivity contribution in [2.45, 2.75) is 102 Å². The van der Waals surface area contributed by atoms with Gasteiger partial charge in [0.25, 0.3) is 0 Å². The van der Waals surface area contributed by atoms with Crippen LogP contribution in [0.4, 0.5) is 0 Å². The fraction of sp³-hybridized carbons (Fsp3) is 0.800. The van der Waals surface area contributed by atoms with E-state index in [4.69, 9.17) is 14.2 Å². The summed E-state index contributed by atoms with van der Waals surface area (Å²) in [6.45, 7) is 3.37. The Morgan fingerprint density at radius 2 is 1.64 bits per heavy atom. The lowest BCUT2D eigenvalue weighted by atomic mass is 10.0. The molecule has 0 N–H and O–H groups in total. The SMILES string of the molecule is CC(=O)O[C@@H]1CCCCCCCCCC[C@H](C)OC(=O)/C=C/[C@@H]2O[C@@H]21. The minimum absolute atomic E-state index is 0.0549. The molecule has 0 spiro atoms. The van der Waals surface area contributed by atoms with Crippen LogP contribution in [0.5, 0.6) is 0 Å². The molecule has 0 aliphatic carbocycles. The Labute approximate surface area is 151 Å². The molecule has 0 aromatic carbocycles. The second kappa shape index (κ2) is 10.6. The molecule has 5 nitrogen and oxygen atoms in total. The molecule has 0 radical (unpaired) electrons. The number of rotatable bonds is 1. The summed E-state index contributed by atoms with van der Waals surface area (Å²) in [6.07, 6.45) is 13.8. The van der Waals surface area contributed by atoms with Crippen LogP contribution in [-0.4, -0.2) is 36.4 Å². The molecule has 4 atom stereocenters. The van der Waals surface area contributed by atoms with Gasteiger partial charge in [0.1, 0.15) is 18.3 Å². The Morgan fingerprint density at radius 3 is 2.28 bits per heavy atom. The molecule has 0 unspecified atom stereocenters. The van der Waals surface area contributed by atoms with Crippen molar-refractivity contribution in [3.63, 3.8) is 0 Å². The summed E-state index contributed by atoms with van der Waals surface area (Å²) in [7, 11) is 0. The van der Waals surface area contributed by atoms with E-state index in [0.717, 1.165) is 32.1 Å². The predicted octanol–water partition coefficient (Wildman–Crippen LogP) is 4.09. The molecule has 0 aromatic heterocycles. The average molecular weight is 352 g/mol. The third kappa shape index (κ3) is 8.04. The second-order valence-corrected chi connectivity index (χ2v) is 7.23. The number of fused-ring (bicyclic) bond motifs is 1. The van der Waals surface area contributed by atoms with Crippen LogP contribution >= 0.6 is 0 Å². The van der Waals surface area contributed by atoms with Gasteiger partial charge in [-0.15, -0.1) is 0 Å². The van der Waals surface area contributed by atoms with Gasteiger partial charge >= 0.3 is 11.9 Å². The highest BCUT2D eigenvalue weighted by Gasteiger charge is 2.44. The van der Waals surface area contributed by atoms with Gasteiger partial charge in [0, 0.05) is 13.0 Å². The van der Waals surface area contributed by atoms with Crippen molar-refractivity contribution in [3.05, 3.63) is 12.2 Å². The first kappa shape index (κ1) is 20.0. The van der Waals surface area contributed by atoms with Gasteiger partial charge in [-0.3, -0.25) is 4.79 Å². The zero-order valence-electron chi connectivity index (χ0n) is 15.6. The van der Waals surface area contributed by atoms with Crippen LogP contribution in [0.2, 0.25) is 0 Å². The lowest BCUT2D eigenvalue weighted by Gasteiger charge is -2.15. The number of carbonyl (C=O) groups excluding carboxylic acids is 2. The molecule has 0 aromatic rings. The molecular weight excluding hydrogens is 320 g/mol. The fourth-order valence-corrected chi connectivity index (χ4v) is 3.40. The highest BCUT2D eigenvalue weighted by atomic mass is 16.6. The minimum Gasteiger partial charge on any atom is -0.460 e. The molecular formula is C20H32O5. The largest absolute Gasteiger partial charge is 0.460 e. The van der Waals surface area contributed by atoms with Crippen molar-refractivity contribution in [2.75, 3.05) is 0 Å². The van der Waals surface area contributed by atoms with Crippen LogP contribution in [0.1, 0.15) is 78.1 Å². The molecule has 2 aliphatic rings. The number of hydrogen-bond donors (Lipinski definition) is 0. The smallest absolute Gasteiger partial charge is 0.330 e. The van der Waals surface area contributed by atoms with Crippen LogP contribution in [0, 0.1) is 0 Å². The van der Waals surface area contributed by atoms with E-state index < -0.39 is 0 Å². The third-order valence-corrected chi connectivity index (χ3v) is 4.83. The van der Waals surface area contributed by atoms with Gasteiger partial charge in [0.2, 0.25) is 0 Å². The van der Waals surface area contributed by atoms with Gasteiger partial charge in [-0.1, -0.05) is 38.5 Å². The van der Waals surface area contributed by atoms with Crippen LogP contribution in [0.3, 0.4) is 0 Å². The quantitative estimate of drug-likeness (QED) is 0.525. The monoisotopic (exact) mass is 352 g/mol. The van der Waals surface area contributed by atoms with E-state index in [1.807, 2.05) is 6.92 Å². The van der Waals surface area contributed by atoms with E-state index in [-0.39, 0.29) is 36.4 Å². The second-order valence-electron chi connectivity index (χ2n) is 7.23. The van der Waals surface area contributed by atoms with Gasteiger partial charge in [-0.2, -0.15) is 0 Å². The zero-order valence-corrected chi connectivity index (χ0v) is 15.6. The van der Waals surface area contributed by atoms with Crippen LogP contribution in [0.25, 0.3) is 0 Å². The topological polar surface area (TPSA) is 65.1 Å². The molecule has 2 rings (SSSR count). The summed E-state index contributed by atoms with van der Waals surface area (Å²) in [5.74, 6) is -0.606. The van der Waals surface area contributed by atoms with Crippen LogP contribution in [-0.2, 0) is 23.8 Å². The standard InChI is InChI=1S/C20H32O5/c1-15-11-9-7-5-3-4-6-8-10-12-17(24-16(2)21)20-18(25-20)13-14-19(22)23-15/h13-15,17-18,20H,3-12H2,1-2H3/b14-13+/t15-,17+,18-,20+/m0/s1. The van der Waals surface area contributed by atoms with Gasteiger partial charge in [0.05, 0.1) is 6.10 Å². The molecule has 0 saturated carbocycles. The first-order chi connectivity index (χ1) is 12.1. The van der Waals surface area contributed by atoms with E-state index in [2.05, 4.69) is 0 Å². The Balaban J connectivity index is 1.89. The average Bonchev–Trinajstić information content (AvgIpc) is 3.32. The molecule has 2 aliphatic heterocycles. The van der Waals surface area contributed by atoms with E-state index in [9.17, 15) is 9.59 Å². The highest BCUT2D eigenvalue weighted by molar-refractivity contribution is 5.82. The highest BCUT2D eigenvalue weighted by Crippen LogP contribution is 2.31. The van der Waals surface area contributed by atoms with Crippen molar-refractivity contribution >= 4 is 11.9 Å². The van der Waals surface area contributed by atoms with Crippen molar-refractivity contribution in [1.29, 1.82) is 0 Å². The summed E-state index contributed by atoms with van der Waals surface area (Å²) >= 11 is 0. The molecule has 5 heteroatoms. The molecule has 1 saturated heterocycles. The van der Waals surface area contributed by atoms with E-state index in [1.165, 1.54) is 45.1 Å². The van der Waals surface area contributed by atoms with Crippen LogP contribution < -0.4 is 0 Å². The fourth-order valence-electron chi connectivity index (χ4n) is 3.40. The van der Waals surface area contributed by atoms with Gasteiger partial charge < -0.3 is 14.2 Å². The maximum Gasteiger partial charge on any atom is 0.330 e. The summed E-state index contributed by atoms with van der Waals surface area (Å²) in [5.41, 5.74) is 0. The third-order valence-electron chi connectivity index (χ3n) is 4.83. The zero-order chi connectivity index (χ0) is 18.1. The minimum atomic E-state index is -0.327. The molecule has 2 heterocycles. The maximum atomic E-state index is 11.9. The first-order valence-corrected chi connectivity index (χ1v) is 9.78. The van der Waals surface area contributed by atoms with E-state index in [0.29, 0.717) is 0 Å². The van der Waals surface area contributed by atoms with E-state index >= 15 is 0 Å². The van der Waals surface area contributed by atoms with Crippen molar-refractivity contribution in [1.82, 2.24) is 0 Å². The number of carbonyl (C=O) groups is 2. The first-order valence-electron chi connectivity index (χ1n) is 9.78.